The van der Waals surface area contributed by atoms with E-state index in [1.807, 2.05) is 0 Å². The smallest absolute Gasteiger partial charge is 0.216 e. The molecule has 0 unspecified atom stereocenters. The molecule has 0 aliphatic heterocycles. The first kappa shape index (κ1) is 7.14. The van der Waals surface area contributed by atoms with Crippen molar-refractivity contribution in [3.63, 3.8) is 0 Å². The number of hydrogen-bond donors (Lipinski definition) is 0. The van der Waals surface area contributed by atoms with Crippen LogP contribution < -0.4 is 0 Å². The van der Waals surface area contributed by atoms with E-state index in [-0.39, 0.29) is 0 Å². The predicted octanol–water partition coefficient (Wildman–Crippen LogP) is 1.06. The van der Waals surface area contributed by atoms with Gasteiger partial charge in [-0.05, 0) is 6.92 Å². The minimum atomic E-state index is 0.572. The topological polar surface area (TPSA) is 34.0 Å². The van der Waals surface area contributed by atoms with Crippen molar-refractivity contribution in [1.29, 1.82) is 0 Å². The summed E-state index contributed by atoms with van der Waals surface area (Å²) in [6, 6.07) is 0. The Hall–Kier alpha value is -0.860. The lowest BCUT2D eigenvalue weighted by molar-refractivity contribution is 0.327. The van der Waals surface area contributed by atoms with Gasteiger partial charge in [-0.25, -0.2) is 0 Å². The number of oxime groups is 1. The Labute approximate surface area is 49.1 Å². The molecule has 8 heavy (non-hydrogen) atoms. The van der Waals surface area contributed by atoms with Crippen LogP contribution in [0.5, 0.6) is 0 Å². The molecule has 0 fully saturated rings. The van der Waals surface area contributed by atoms with E-state index in [9.17, 15) is 0 Å². The van der Waals surface area contributed by atoms with E-state index >= 15 is 0 Å². The first-order valence-corrected chi connectivity index (χ1v) is 2.39. The lowest BCUT2D eigenvalue weighted by atomic mass is 10.8. The largest absolute Gasteiger partial charge is 0.342 e. The molecule has 0 saturated heterocycles. The van der Waals surface area contributed by atoms with Gasteiger partial charge >= 0.3 is 0 Å². The van der Waals surface area contributed by atoms with Gasteiger partial charge in [-0.15, -0.1) is 0 Å². The van der Waals surface area contributed by atoms with E-state index in [4.69, 9.17) is 0 Å². The quantitative estimate of drug-likeness (QED) is 0.285. The Balaban J connectivity index is 3.40. The maximum absolute atomic E-state index is 4.66. The van der Waals surface area contributed by atoms with Gasteiger partial charge in [0, 0.05) is 20.2 Å². The van der Waals surface area contributed by atoms with E-state index in [0.29, 0.717) is 5.90 Å². The minimum absolute atomic E-state index is 0.572. The fourth-order valence-electron chi connectivity index (χ4n) is 0.170. The third-order valence-electron chi connectivity index (χ3n) is 0.605. The summed E-state index contributed by atoms with van der Waals surface area (Å²) in [6.07, 6.45) is 1.56. The number of aliphatic imine (C=N–C) groups is 1. The Morgan fingerprint density at radius 3 is 2.62 bits per heavy atom. The molecule has 0 aromatic carbocycles. The Morgan fingerprint density at radius 2 is 2.25 bits per heavy atom. The molecule has 0 bridgehead atoms. The maximum atomic E-state index is 4.66. The Morgan fingerprint density at radius 1 is 1.62 bits per heavy atom. The summed E-state index contributed by atoms with van der Waals surface area (Å²) in [7, 11) is 1.65. The summed E-state index contributed by atoms with van der Waals surface area (Å²) >= 11 is 0. The number of hydrogen-bond acceptors (Lipinski definition) is 3. The summed E-state index contributed by atoms with van der Waals surface area (Å²) in [5.74, 6) is 0.572. The first-order chi connectivity index (χ1) is 3.81. The summed E-state index contributed by atoms with van der Waals surface area (Å²) in [4.78, 5) is 8.37. The van der Waals surface area contributed by atoms with Crippen molar-refractivity contribution in [2.24, 2.45) is 10.1 Å². The fourth-order valence-corrected chi connectivity index (χ4v) is 0.170. The van der Waals surface area contributed by atoms with Crippen LogP contribution in [0, 0.1) is 0 Å². The molecule has 0 aliphatic rings. The summed E-state index contributed by atoms with van der Waals surface area (Å²) in [5.41, 5.74) is 0. The molecular weight excluding hydrogens is 104 g/mol. The summed E-state index contributed by atoms with van der Waals surface area (Å²) in [5, 5.41) is 3.49. The number of nitrogens with zero attached hydrogens (tertiary/aromatic N) is 2. The van der Waals surface area contributed by atoms with Crippen LogP contribution in [-0.2, 0) is 4.84 Å². The standard InChI is InChI=1S/C5H10N2O/c1-4-7-8-5(2)6-3/h4H,1-3H3/b6-5?,7-4+. The van der Waals surface area contributed by atoms with E-state index in [1.165, 1.54) is 0 Å². The van der Waals surface area contributed by atoms with Gasteiger partial charge in [0.05, 0.1) is 0 Å². The third-order valence-corrected chi connectivity index (χ3v) is 0.605. The van der Waals surface area contributed by atoms with Crippen LogP contribution in [0.2, 0.25) is 0 Å². The van der Waals surface area contributed by atoms with Crippen LogP contribution >= 0.6 is 0 Å². The predicted molar refractivity (Wildman–Crippen MR) is 34.3 cm³/mol. The van der Waals surface area contributed by atoms with Gasteiger partial charge < -0.3 is 4.84 Å². The summed E-state index contributed by atoms with van der Waals surface area (Å²) in [6.45, 7) is 3.52. The molecule has 0 atom stereocenters. The molecule has 0 amide bonds. The van der Waals surface area contributed by atoms with Crippen molar-refractivity contribution >= 4 is 12.1 Å². The lowest BCUT2D eigenvalue weighted by Crippen LogP contribution is -1.91. The van der Waals surface area contributed by atoms with Crippen molar-refractivity contribution in [1.82, 2.24) is 0 Å². The maximum Gasteiger partial charge on any atom is 0.216 e. The van der Waals surface area contributed by atoms with Gasteiger partial charge in [-0.3, -0.25) is 4.99 Å². The average Bonchev–Trinajstić information content (AvgIpc) is 1.83. The SMILES string of the molecule is C/C=N/OC(C)=NC. The molecule has 0 heterocycles. The highest BCUT2D eigenvalue weighted by Gasteiger charge is 1.80. The van der Waals surface area contributed by atoms with Crippen LogP contribution in [-0.4, -0.2) is 19.2 Å². The summed E-state index contributed by atoms with van der Waals surface area (Å²) < 4.78 is 0. The second-order valence-electron chi connectivity index (χ2n) is 1.20. The average molecular weight is 114 g/mol. The highest BCUT2D eigenvalue weighted by atomic mass is 16.6. The third kappa shape index (κ3) is 3.33. The van der Waals surface area contributed by atoms with Crippen LogP contribution in [0.3, 0.4) is 0 Å². The van der Waals surface area contributed by atoms with Gasteiger partial charge in [0.25, 0.3) is 0 Å². The molecular formula is C5H10N2O. The molecule has 0 aromatic rings. The first-order valence-electron chi connectivity index (χ1n) is 2.39. The Kier molecular flexibility index (Phi) is 3.84. The van der Waals surface area contributed by atoms with Crippen LogP contribution in [0.15, 0.2) is 10.1 Å². The van der Waals surface area contributed by atoms with Crippen molar-refractivity contribution in [3.05, 3.63) is 0 Å². The van der Waals surface area contributed by atoms with Crippen molar-refractivity contribution < 1.29 is 4.84 Å². The molecule has 0 aliphatic carbocycles. The zero-order valence-electron chi connectivity index (χ0n) is 5.38. The molecule has 0 N–H and O–H groups in total. The minimum Gasteiger partial charge on any atom is -0.342 e. The van der Waals surface area contributed by atoms with E-state index in [2.05, 4.69) is 15.0 Å². The van der Waals surface area contributed by atoms with E-state index < -0.39 is 0 Å². The lowest BCUT2D eigenvalue weighted by Gasteiger charge is -1.90. The zero-order chi connectivity index (χ0) is 6.41. The normalized spacial score (nSPS) is 12.6. The van der Waals surface area contributed by atoms with Crippen LogP contribution in [0.25, 0.3) is 0 Å². The highest BCUT2D eigenvalue weighted by molar-refractivity contribution is 5.73. The second kappa shape index (κ2) is 4.30. The van der Waals surface area contributed by atoms with Crippen molar-refractivity contribution in [2.75, 3.05) is 7.05 Å². The molecule has 0 radical (unpaired) electrons. The zero-order valence-corrected chi connectivity index (χ0v) is 5.38. The molecule has 0 spiro atoms. The molecule has 3 heteroatoms. The van der Waals surface area contributed by atoms with Crippen molar-refractivity contribution in [2.45, 2.75) is 13.8 Å². The number of rotatable bonds is 1. The Bertz CT molecular complexity index is 107. The van der Waals surface area contributed by atoms with Gasteiger partial charge in [0.15, 0.2) is 0 Å². The van der Waals surface area contributed by atoms with Crippen molar-refractivity contribution in [3.8, 4) is 0 Å². The molecule has 46 valence electrons. The van der Waals surface area contributed by atoms with Crippen LogP contribution in [0.4, 0.5) is 0 Å². The van der Waals surface area contributed by atoms with E-state index in [1.54, 1.807) is 27.1 Å². The monoisotopic (exact) mass is 114 g/mol. The fraction of sp³-hybridized carbons (Fsp3) is 0.600. The molecule has 0 aromatic heterocycles. The van der Waals surface area contributed by atoms with Gasteiger partial charge in [-0.1, -0.05) is 5.16 Å². The van der Waals surface area contributed by atoms with Gasteiger partial charge in [0.2, 0.25) is 5.90 Å². The molecule has 3 nitrogen and oxygen atoms in total. The highest BCUT2D eigenvalue weighted by Crippen LogP contribution is 1.77. The van der Waals surface area contributed by atoms with Crippen LogP contribution in [0.1, 0.15) is 13.8 Å². The van der Waals surface area contributed by atoms with Gasteiger partial charge in [0.1, 0.15) is 0 Å². The van der Waals surface area contributed by atoms with E-state index in [0.717, 1.165) is 0 Å². The van der Waals surface area contributed by atoms with Gasteiger partial charge in [-0.2, -0.15) is 0 Å². The second-order valence-corrected chi connectivity index (χ2v) is 1.20. The molecule has 0 rings (SSSR count). The molecule has 0 saturated carbocycles.